The van der Waals surface area contributed by atoms with Crippen LogP contribution in [0.25, 0.3) is 0 Å². The number of likely N-dealkylation sites (N-methyl/N-ethyl adjacent to an activating group) is 1. The fourth-order valence-corrected chi connectivity index (χ4v) is 1.56. The van der Waals surface area contributed by atoms with Gasteiger partial charge in [0.25, 0.3) is 0 Å². The molecule has 0 radical (unpaired) electrons. The Morgan fingerprint density at radius 1 is 1.33 bits per heavy atom. The van der Waals surface area contributed by atoms with Gasteiger partial charge in [-0.3, -0.25) is 0 Å². The average molecular weight is 211 g/mol. The van der Waals surface area contributed by atoms with E-state index in [1.54, 1.807) is 0 Å². The van der Waals surface area contributed by atoms with Crippen LogP contribution in [0.3, 0.4) is 0 Å². The highest BCUT2D eigenvalue weighted by Gasteiger charge is 2.11. The molecule has 0 amide bonds. The van der Waals surface area contributed by atoms with Gasteiger partial charge in [0.2, 0.25) is 5.89 Å². The molecule has 0 aliphatic heterocycles. The average Bonchev–Trinajstić information content (AvgIpc) is 2.66. The van der Waals surface area contributed by atoms with Gasteiger partial charge in [-0.2, -0.15) is 4.98 Å². The van der Waals surface area contributed by atoms with Gasteiger partial charge in [-0.25, -0.2) is 0 Å². The lowest BCUT2D eigenvalue weighted by Gasteiger charge is -2.12. The number of aromatic nitrogens is 2. The number of hydrogen-bond acceptors (Lipinski definition) is 4. The molecule has 0 fully saturated rings. The van der Waals surface area contributed by atoms with Gasteiger partial charge in [-0.15, -0.1) is 0 Å². The maximum atomic E-state index is 5.19. The third kappa shape index (κ3) is 4.00. The zero-order chi connectivity index (χ0) is 11.1. The maximum absolute atomic E-state index is 5.19. The molecule has 4 heteroatoms. The lowest BCUT2D eigenvalue weighted by Crippen LogP contribution is -2.30. The van der Waals surface area contributed by atoms with Gasteiger partial charge in [0.05, 0.1) is 0 Å². The summed E-state index contributed by atoms with van der Waals surface area (Å²) in [5.41, 5.74) is 0. The molecule has 1 atom stereocenters. The molecule has 1 aromatic rings. The van der Waals surface area contributed by atoms with E-state index < -0.39 is 0 Å². The van der Waals surface area contributed by atoms with Crippen molar-refractivity contribution in [3.05, 3.63) is 11.7 Å². The van der Waals surface area contributed by atoms with Crippen LogP contribution in [0.4, 0.5) is 0 Å². The summed E-state index contributed by atoms with van der Waals surface area (Å²) in [6.45, 7) is 7.37. The molecule has 4 nitrogen and oxygen atoms in total. The Bertz CT molecular complexity index is 273. The third-order valence-electron chi connectivity index (χ3n) is 2.39. The van der Waals surface area contributed by atoms with Crippen molar-refractivity contribution in [3.8, 4) is 0 Å². The maximum Gasteiger partial charge on any atom is 0.228 e. The molecule has 1 rings (SSSR count). The lowest BCUT2D eigenvalue weighted by molar-refractivity contribution is 0.351. The zero-order valence-corrected chi connectivity index (χ0v) is 9.92. The van der Waals surface area contributed by atoms with Gasteiger partial charge in [-0.1, -0.05) is 25.9 Å². The van der Waals surface area contributed by atoms with E-state index in [1.807, 2.05) is 0 Å². The van der Waals surface area contributed by atoms with Crippen molar-refractivity contribution in [2.45, 2.75) is 52.5 Å². The van der Waals surface area contributed by atoms with Crippen LogP contribution in [-0.2, 0) is 12.8 Å². The van der Waals surface area contributed by atoms with E-state index in [0.29, 0.717) is 6.04 Å². The van der Waals surface area contributed by atoms with Crippen LogP contribution < -0.4 is 5.32 Å². The van der Waals surface area contributed by atoms with Crippen molar-refractivity contribution in [2.24, 2.45) is 0 Å². The molecule has 86 valence electrons. The highest BCUT2D eigenvalue weighted by molar-refractivity contribution is 4.89. The Morgan fingerprint density at radius 2 is 2.13 bits per heavy atom. The largest absolute Gasteiger partial charge is 0.339 e. The molecule has 0 bridgehead atoms. The predicted molar refractivity (Wildman–Crippen MR) is 59.8 cm³/mol. The van der Waals surface area contributed by atoms with Gasteiger partial charge >= 0.3 is 0 Å². The summed E-state index contributed by atoms with van der Waals surface area (Å²) in [6, 6.07) is 0.449. The monoisotopic (exact) mass is 211 g/mol. The van der Waals surface area contributed by atoms with E-state index in [4.69, 9.17) is 4.52 Å². The summed E-state index contributed by atoms with van der Waals surface area (Å²) >= 11 is 0. The van der Waals surface area contributed by atoms with Crippen molar-refractivity contribution in [1.82, 2.24) is 15.5 Å². The Labute approximate surface area is 91.5 Å². The van der Waals surface area contributed by atoms with Gasteiger partial charge in [0, 0.05) is 18.9 Å². The van der Waals surface area contributed by atoms with Crippen molar-refractivity contribution < 1.29 is 4.52 Å². The van der Waals surface area contributed by atoms with E-state index in [0.717, 1.165) is 43.9 Å². The molecule has 0 aliphatic rings. The van der Waals surface area contributed by atoms with Crippen molar-refractivity contribution >= 4 is 0 Å². The second-order valence-corrected chi connectivity index (χ2v) is 3.72. The summed E-state index contributed by atoms with van der Waals surface area (Å²) in [7, 11) is 0. The first-order chi connectivity index (χ1) is 7.30. The van der Waals surface area contributed by atoms with Gasteiger partial charge < -0.3 is 9.84 Å². The van der Waals surface area contributed by atoms with Crippen molar-refractivity contribution in [1.29, 1.82) is 0 Å². The molecule has 15 heavy (non-hydrogen) atoms. The van der Waals surface area contributed by atoms with Gasteiger partial charge in [-0.05, 0) is 19.4 Å². The van der Waals surface area contributed by atoms with Crippen molar-refractivity contribution in [3.63, 3.8) is 0 Å². The number of hydrogen-bond donors (Lipinski definition) is 1. The van der Waals surface area contributed by atoms with Crippen LogP contribution in [0.15, 0.2) is 4.52 Å². The summed E-state index contributed by atoms with van der Waals surface area (Å²) in [5, 5.41) is 7.33. The molecule has 1 aromatic heterocycles. The molecule has 0 aromatic carbocycles. The Kier molecular flexibility index (Phi) is 5.32. The number of rotatable bonds is 7. The molecule has 1 N–H and O–H groups in total. The quantitative estimate of drug-likeness (QED) is 0.749. The molecule has 1 heterocycles. The minimum atomic E-state index is 0.449. The minimum Gasteiger partial charge on any atom is -0.339 e. The molecule has 0 aliphatic carbocycles. The van der Waals surface area contributed by atoms with Crippen LogP contribution >= 0.6 is 0 Å². The SMILES string of the molecule is CCCc1noc(CC(CC)NCC)n1. The smallest absolute Gasteiger partial charge is 0.228 e. The summed E-state index contributed by atoms with van der Waals surface area (Å²) < 4.78 is 5.19. The van der Waals surface area contributed by atoms with Crippen LogP contribution in [0, 0.1) is 0 Å². The number of nitrogens with zero attached hydrogens (tertiary/aromatic N) is 2. The molecule has 0 saturated heterocycles. The second kappa shape index (κ2) is 6.56. The Morgan fingerprint density at radius 3 is 2.73 bits per heavy atom. The fraction of sp³-hybridized carbons (Fsp3) is 0.818. The standard InChI is InChI=1S/C11H21N3O/c1-4-7-10-13-11(15-14-10)8-9(5-2)12-6-3/h9,12H,4-8H2,1-3H3. The highest BCUT2D eigenvalue weighted by atomic mass is 16.5. The molecule has 1 unspecified atom stereocenters. The molecule has 0 saturated carbocycles. The first-order valence-electron chi connectivity index (χ1n) is 5.84. The van der Waals surface area contributed by atoms with E-state index in [2.05, 4.69) is 36.2 Å². The first kappa shape index (κ1) is 12.2. The van der Waals surface area contributed by atoms with Gasteiger partial charge in [0.1, 0.15) is 0 Å². The van der Waals surface area contributed by atoms with Crippen LogP contribution in [0.5, 0.6) is 0 Å². The molecule has 0 spiro atoms. The van der Waals surface area contributed by atoms with Crippen LogP contribution in [-0.4, -0.2) is 22.7 Å². The van der Waals surface area contributed by atoms with E-state index in [1.165, 1.54) is 0 Å². The topological polar surface area (TPSA) is 51.0 Å². The van der Waals surface area contributed by atoms with E-state index in [9.17, 15) is 0 Å². The second-order valence-electron chi connectivity index (χ2n) is 3.72. The van der Waals surface area contributed by atoms with Crippen LogP contribution in [0.1, 0.15) is 45.3 Å². The summed E-state index contributed by atoms with van der Waals surface area (Å²) in [5.74, 6) is 1.59. The molecular weight excluding hydrogens is 190 g/mol. The Hall–Kier alpha value is -0.900. The summed E-state index contributed by atoms with van der Waals surface area (Å²) in [6.07, 6.45) is 3.88. The normalized spacial score (nSPS) is 13.0. The highest BCUT2D eigenvalue weighted by Crippen LogP contribution is 2.05. The lowest BCUT2D eigenvalue weighted by atomic mass is 10.1. The fourth-order valence-electron chi connectivity index (χ4n) is 1.56. The van der Waals surface area contributed by atoms with Gasteiger partial charge in [0.15, 0.2) is 5.82 Å². The minimum absolute atomic E-state index is 0.449. The predicted octanol–water partition coefficient (Wildman–Crippen LogP) is 1.95. The van der Waals surface area contributed by atoms with Crippen molar-refractivity contribution in [2.75, 3.05) is 6.54 Å². The zero-order valence-electron chi connectivity index (χ0n) is 9.92. The first-order valence-corrected chi connectivity index (χ1v) is 5.84. The van der Waals surface area contributed by atoms with E-state index in [-0.39, 0.29) is 0 Å². The van der Waals surface area contributed by atoms with Crippen LogP contribution in [0.2, 0.25) is 0 Å². The number of aryl methyl sites for hydroxylation is 1. The summed E-state index contributed by atoms with van der Waals surface area (Å²) in [4.78, 5) is 4.35. The molecular formula is C11H21N3O. The number of nitrogens with one attached hydrogen (secondary N) is 1. The Balaban J connectivity index is 2.47. The third-order valence-corrected chi connectivity index (χ3v) is 2.39. The van der Waals surface area contributed by atoms with E-state index >= 15 is 0 Å².